The number of carbonyl (C=O) groups is 1. The molecule has 9 heteroatoms. The predicted molar refractivity (Wildman–Crippen MR) is 72.6 cm³/mol. The quantitative estimate of drug-likeness (QED) is 0.901. The van der Waals surface area contributed by atoms with Gasteiger partial charge in [0.05, 0.1) is 18.2 Å². The summed E-state index contributed by atoms with van der Waals surface area (Å²) in [6.07, 6.45) is -1.18. The van der Waals surface area contributed by atoms with Gasteiger partial charge in [0.2, 0.25) is 10.0 Å². The number of sulfonamides is 1. The molecule has 0 aliphatic carbocycles. The van der Waals surface area contributed by atoms with Crippen molar-refractivity contribution < 1.29 is 23.1 Å². The smallest absolute Gasteiger partial charge is 0.334 e. The summed E-state index contributed by atoms with van der Waals surface area (Å²) in [7, 11) is -3.91. The Morgan fingerprint density at radius 3 is 2.75 bits per heavy atom. The fourth-order valence-electron chi connectivity index (χ4n) is 1.81. The van der Waals surface area contributed by atoms with Crippen molar-refractivity contribution >= 4 is 39.2 Å². The van der Waals surface area contributed by atoms with Gasteiger partial charge in [0.25, 0.3) is 0 Å². The van der Waals surface area contributed by atoms with E-state index in [1.165, 1.54) is 18.2 Å². The number of hydrogen-bond donors (Lipinski definition) is 1. The van der Waals surface area contributed by atoms with E-state index in [1.807, 2.05) is 0 Å². The number of ether oxygens (including phenoxy) is 1. The van der Waals surface area contributed by atoms with Crippen LogP contribution in [0.4, 0.5) is 0 Å². The largest absolute Gasteiger partial charge is 0.479 e. The summed E-state index contributed by atoms with van der Waals surface area (Å²) in [6.45, 7) is -0.191. The molecule has 6 nitrogen and oxygen atoms in total. The molecule has 1 heterocycles. The Hall–Kier alpha value is -0.860. The first-order chi connectivity index (χ1) is 9.32. The SMILES string of the molecule is O=C(O)C1CN(S(=O)(=O)c2cc(Cl)ccc2Cl)CCO1. The van der Waals surface area contributed by atoms with Crippen LogP contribution in [0, 0.1) is 0 Å². The van der Waals surface area contributed by atoms with Crippen LogP contribution in [0.2, 0.25) is 10.0 Å². The molecule has 20 heavy (non-hydrogen) atoms. The number of halogens is 2. The van der Waals surface area contributed by atoms with Gasteiger partial charge >= 0.3 is 5.97 Å². The molecule has 1 saturated heterocycles. The molecular weight excluding hydrogens is 329 g/mol. The second-order valence-corrected chi connectivity index (χ2v) is 6.89. The molecule has 1 aromatic rings. The van der Waals surface area contributed by atoms with Crippen LogP contribution in [0.5, 0.6) is 0 Å². The molecule has 0 saturated carbocycles. The zero-order valence-electron chi connectivity index (χ0n) is 10.1. The van der Waals surface area contributed by atoms with E-state index in [2.05, 4.69) is 0 Å². The van der Waals surface area contributed by atoms with Crippen molar-refractivity contribution in [3.8, 4) is 0 Å². The van der Waals surface area contributed by atoms with Gasteiger partial charge in [-0.25, -0.2) is 13.2 Å². The molecule has 0 radical (unpaired) electrons. The first-order valence-corrected chi connectivity index (χ1v) is 7.81. The van der Waals surface area contributed by atoms with Crippen molar-refractivity contribution in [1.82, 2.24) is 4.31 Å². The molecule has 0 amide bonds. The lowest BCUT2D eigenvalue weighted by Crippen LogP contribution is -2.48. The average molecular weight is 340 g/mol. The van der Waals surface area contributed by atoms with Gasteiger partial charge in [0.1, 0.15) is 4.90 Å². The Morgan fingerprint density at radius 1 is 1.40 bits per heavy atom. The molecule has 1 aromatic carbocycles. The molecule has 0 aromatic heterocycles. The standard InChI is InChI=1S/C11H11Cl2NO5S/c12-7-1-2-8(13)10(5-7)20(17,18)14-3-4-19-9(6-14)11(15)16/h1-2,5,9H,3-4,6H2,(H,15,16). The van der Waals surface area contributed by atoms with Crippen LogP contribution in [-0.4, -0.2) is 49.6 Å². The fourth-order valence-corrected chi connectivity index (χ4v) is 3.97. The third kappa shape index (κ3) is 3.07. The summed E-state index contributed by atoms with van der Waals surface area (Å²) in [4.78, 5) is 10.7. The lowest BCUT2D eigenvalue weighted by atomic mass is 10.3. The maximum Gasteiger partial charge on any atom is 0.334 e. The minimum atomic E-state index is -3.91. The molecular formula is C11H11Cl2NO5S. The van der Waals surface area contributed by atoms with E-state index in [-0.39, 0.29) is 34.6 Å². The molecule has 0 spiro atoms. The van der Waals surface area contributed by atoms with Gasteiger partial charge in [-0.2, -0.15) is 4.31 Å². The van der Waals surface area contributed by atoms with Crippen molar-refractivity contribution in [2.45, 2.75) is 11.0 Å². The lowest BCUT2D eigenvalue weighted by molar-refractivity contribution is -0.153. The van der Waals surface area contributed by atoms with E-state index >= 15 is 0 Å². The van der Waals surface area contributed by atoms with Crippen LogP contribution in [0.25, 0.3) is 0 Å². The van der Waals surface area contributed by atoms with Gasteiger partial charge in [-0.3, -0.25) is 0 Å². The maximum atomic E-state index is 12.5. The number of benzene rings is 1. The highest BCUT2D eigenvalue weighted by Crippen LogP contribution is 2.28. The Balaban J connectivity index is 2.35. The number of morpholine rings is 1. The van der Waals surface area contributed by atoms with Gasteiger partial charge in [0.15, 0.2) is 6.10 Å². The van der Waals surface area contributed by atoms with Gasteiger partial charge in [-0.15, -0.1) is 0 Å². The van der Waals surface area contributed by atoms with E-state index in [0.717, 1.165) is 4.31 Å². The highest BCUT2D eigenvalue weighted by molar-refractivity contribution is 7.89. The molecule has 1 fully saturated rings. The Kier molecular flexibility index (Phi) is 4.55. The van der Waals surface area contributed by atoms with Gasteiger partial charge in [-0.05, 0) is 18.2 Å². The van der Waals surface area contributed by atoms with Gasteiger partial charge in [-0.1, -0.05) is 23.2 Å². The minimum absolute atomic E-state index is 0.00831. The average Bonchev–Trinajstić information content (AvgIpc) is 2.41. The predicted octanol–water partition coefficient (Wildman–Crippen LogP) is 1.47. The number of rotatable bonds is 3. The second-order valence-electron chi connectivity index (χ2n) is 4.14. The van der Waals surface area contributed by atoms with E-state index in [1.54, 1.807) is 0 Å². The van der Waals surface area contributed by atoms with E-state index in [4.69, 9.17) is 33.0 Å². The highest BCUT2D eigenvalue weighted by atomic mass is 35.5. The lowest BCUT2D eigenvalue weighted by Gasteiger charge is -2.30. The topological polar surface area (TPSA) is 83.9 Å². The van der Waals surface area contributed by atoms with Crippen molar-refractivity contribution in [3.05, 3.63) is 28.2 Å². The third-order valence-electron chi connectivity index (χ3n) is 2.82. The molecule has 1 unspecified atom stereocenters. The van der Waals surface area contributed by atoms with Crippen LogP contribution in [0.3, 0.4) is 0 Å². The summed E-state index contributed by atoms with van der Waals surface area (Å²) in [5, 5.41) is 9.16. The van der Waals surface area contributed by atoms with Gasteiger partial charge < -0.3 is 9.84 Å². The van der Waals surface area contributed by atoms with E-state index in [9.17, 15) is 13.2 Å². The summed E-state index contributed by atoms with van der Waals surface area (Å²) < 4.78 is 31.0. The Bertz CT molecular complexity index is 634. The molecule has 1 N–H and O–H groups in total. The van der Waals surface area contributed by atoms with Crippen molar-refractivity contribution in [1.29, 1.82) is 0 Å². The van der Waals surface area contributed by atoms with E-state index in [0.29, 0.717) is 0 Å². The Morgan fingerprint density at radius 2 is 2.10 bits per heavy atom. The van der Waals surface area contributed by atoms with Crippen LogP contribution in [0.1, 0.15) is 0 Å². The first-order valence-electron chi connectivity index (χ1n) is 5.62. The second kappa shape index (κ2) is 5.87. The normalized spacial score (nSPS) is 20.8. The highest BCUT2D eigenvalue weighted by Gasteiger charge is 2.35. The van der Waals surface area contributed by atoms with E-state index < -0.39 is 22.1 Å². The number of carboxylic acid groups (broad SMARTS) is 1. The van der Waals surface area contributed by atoms with Crippen LogP contribution >= 0.6 is 23.2 Å². The molecule has 2 rings (SSSR count). The monoisotopic (exact) mass is 339 g/mol. The summed E-state index contributed by atoms with van der Waals surface area (Å²) >= 11 is 11.7. The zero-order valence-corrected chi connectivity index (χ0v) is 12.5. The van der Waals surface area contributed by atoms with Crippen molar-refractivity contribution in [3.63, 3.8) is 0 Å². The number of carboxylic acids is 1. The number of hydrogen-bond acceptors (Lipinski definition) is 4. The summed E-state index contributed by atoms with van der Waals surface area (Å²) in [6, 6.07) is 4.10. The molecule has 110 valence electrons. The zero-order chi connectivity index (χ0) is 14.9. The van der Waals surface area contributed by atoms with Crippen LogP contribution < -0.4 is 0 Å². The van der Waals surface area contributed by atoms with Crippen LogP contribution in [-0.2, 0) is 19.6 Å². The van der Waals surface area contributed by atoms with Gasteiger partial charge in [0, 0.05) is 11.6 Å². The minimum Gasteiger partial charge on any atom is -0.479 e. The summed E-state index contributed by atoms with van der Waals surface area (Å²) in [5.41, 5.74) is 0. The molecule has 0 bridgehead atoms. The Labute approximate surface area is 125 Å². The molecule has 1 aliphatic rings. The molecule has 1 aliphatic heterocycles. The van der Waals surface area contributed by atoms with Crippen molar-refractivity contribution in [2.24, 2.45) is 0 Å². The number of nitrogens with zero attached hydrogens (tertiary/aromatic N) is 1. The fraction of sp³-hybridized carbons (Fsp3) is 0.364. The first kappa shape index (κ1) is 15.5. The number of aliphatic carboxylic acids is 1. The maximum absolute atomic E-state index is 12.5. The third-order valence-corrected chi connectivity index (χ3v) is 5.40. The molecule has 1 atom stereocenters. The van der Waals surface area contributed by atoms with Crippen LogP contribution in [0.15, 0.2) is 23.1 Å². The summed E-state index contributed by atoms with van der Waals surface area (Å²) in [5.74, 6) is -1.21. The van der Waals surface area contributed by atoms with Crippen molar-refractivity contribution in [2.75, 3.05) is 19.7 Å².